The van der Waals surface area contributed by atoms with Crippen LogP contribution in [0.15, 0.2) is 29.1 Å². The van der Waals surface area contributed by atoms with Crippen molar-refractivity contribution in [2.45, 2.75) is 57.5 Å². The third-order valence-electron chi connectivity index (χ3n) is 4.67. The SMILES string of the molecule is O=C(CCn1c(=S)[nH]c2ccccc2c1=O)NC1CCCCCC1. The van der Waals surface area contributed by atoms with Crippen molar-refractivity contribution in [3.05, 3.63) is 39.4 Å². The van der Waals surface area contributed by atoms with Crippen LogP contribution in [0.2, 0.25) is 0 Å². The van der Waals surface area contributed by atoms with Crippen molar-refractivity contribution in [1.82, 2.24) is 14.9 Å². The van der Waals surface area contributed by atoms with Crippen LogP contribution in [0, 0.1) is 4.77 Å². The zero-order chi connectivity index (χ0) is 16.9. The molecule has 2 N–H and O–H groups in total. The van der Waals surface area contributed by atoms with Gasteiger partial charge in [-0.25, -0.2) is 0 Å². The van der Waals surface area contributed by atoms with Crippen LogP contribution in [0.3, 0.4) is 0 Å². The second-order valence-electron chi connectivity index (χ2n) is 6.44. The molecule has 2 aromatic rings. The summed E-state index contributed by atoms with van der Waals surface area (Å²) in [7, 11) is 0. The largest absolute Gasteiger partial charge is 0.353 e. The molecule has 3 rings (SSSR count). The first-order valence-electron chi connectivity index (χ1n) is 8.66. The summed E-state index contributed by atoms with van der Waals surface area (Å²) in [6.07, 6.45) is 7.26. The van der Waals surface area contributed by atoms with E-state index in [0.717, 1.165) is 18.4 Å². The predicted octanol–water partition coefficient (Wildman–Crippen LogP) is 3.29. The summed E-state index contributed by atoms with van der Waals surface area (Å²) in [4.78, 5) is 27.8. The Hall–Kier alpha value is -1.95. The third kappa shape index (κ3) is 3.93. The molecule has 1 saturated carbocycles. The summed E-state index contributed by atoms with van der Waals surface area (Å²) in [6, 6.07) is 7.56. The van der Waals surface area contributed by atoms with Gasteiger partial charge in [-0.2, -0.15) is 0 Å². The fourth-order valence-corrected chi connectivity index (χ4v) is 3.62. The van der Waals surface area contributed by atoms with Crippen molar-refractivity contribution < 1.29 is 4.79 Å². The molecule has 0 saturated heterocycles. The van der Waals surface area contributed by atoms with Crippen LogP contribution in [-0.4, -0.2) is 21.5 Å². The Kier molecular flexibility index (Phi) is 5.45. The van der Waals surface area contributed by atoms with Gasteiger partial charge in [-0.15, -0.1) is 0 Å². The molecular formula is C18H23N3O2S. The maximum atomic E-state index is 12.5. The molecule has 1 aliphatic carbocycles. The molecule has 1 aromatic heterocycles. The number of carbonyl (C=O) groups is 1. The normalized spacial score (nSPS) is 16.0. The van der Waals surface area contributed by atoms with Crippen molar-refractivity contribution >= 4 is 29.0 Å². The molecule has 24 heavy (non-hydrogen) atoms. The Labute approximate surface area is 146 Å². The van der Waals surface area contributed by atoms with Crippen molar-refractivity contribution in [1.29, 1.82) is 0 Å². The van der Waals surface area contributed by atoms with Gasteiger partial charge in [0.25, 0.3) is 5.56 Å². The Morgan fingerprint density at radius 1 is 1.21 bits per heavy atom. The molecule has 5 nitrogen and oxygen atoms in total. The first kappa shape index (κ1) is 16.9. The van der Waals surface area contributed by atoms with E-state index in [1.54, 1.807) is 6.07 Å². The minimum Gasteiger partial charge on any atom is -0.353 e. The second-order valence-corrected chi connectivity index (χ2v) is 6.83. The van der Waals surface area contributed by atoms with Gasteiger partial charge < -0.3 is 10.3 Å². The lowest BCUT2D eigenvalue weighted by molar-refractivity contribution is -0.122. The number of nitrogens with one attached hydrogen (secondary N) is 2. The number of hydrogen-bond donors (Lipinski definition) is 2. The zero-order valence-electron chi connectivity index (χ0n) is 13.7. The Morgan fingerprint density at radius 2 is 1.92 bits per heavy atom. The number of benzene rings is 1. The fourth-order valence-electron chi connectivity index (χ4n) is 3.34. The van der Waals surface area contributed by atoms with E-state index in [1.165, 1.54) is 30.3 Å². The first-order chi connectivity index (χ1) is 11.6. The lowest BCUT2D eigenvalue weighted by Gasteiger charge is -2.16. The van der Waals surface area contributed by atoms with Gasteiger partial charge in [0.15, 0.2) is 4.77 Å². The summed E-state index contributed by atoms with van der Waals surface area (Å²) < 4.78 is 1.84. The van der Waals surface area contributed by atoms with Crippen molar-refractivity contribution in [2.75, 3.05) is 0 Å². The van der Waals surface area contributed by atoms with Gasteiger partial charge in [0.2, 0.25) is 5.91 Å². The lowest BCUT2D eigenvalue weighted by atomic mass is 10.1. The molecule has 0 radical (unpaired) electrons. The van der Waals surface area contributed by atoms with Gasteiger partial charge in [-0.3, -0.25) is 14.2 Å². The van der Waals surface area contributed by atoms with Crippen molar-refractivity contribution in [2.24, 2.45) is 0 Å². The topological polar surface area (TPSA) is 66.9 Å². The Balaban J connectivity index is 1.68. The summed E-state index contributed by atoms with van der Waals surface area (Å²) in [6.45, 7) is 0.303. The van der Waals surface area contributed by atoms with Crippen molar-refractivity contribution in [3.63, 3.8) is 0 Å². The fraction of sp³-hybridized carbons (Fsp3) is 0.500. The van der Waals surface area contributed by atoms with E-state index >= 15 is 0 Å². The summed E-state index contributed by atoms with van der Waals surface area (Å²) >= 11 is 5.27. The number of para-hydroxylation sites is 1. The van der Waals surface area contributed by atoms with Crippen LogP contribution in [0.4, 0.5) is 0 Å². The maximum Gasteiger partial charge on any atom is 0.262 e. The predicted molar refractivity (Wildman–Crippen MR) is 97.6 cm³/mol. The van der Waals surface area contributed by atoms with Gasteiger partial charge in [0, 0.05) is 19.0 Å². The van der Waals surface area contributed by atoms with Gasteiger partial charge in [0.1, 0.15) is 0 Å². The number of H-pyrrole nitrogens is 1. The summed E-state index contributed by atoms with van der Waals surface area (Å²) in [5, 5.41) is 3.70. The van der Waals surface area contributed by atoms with Gasteiger partial charge in [-0.05, 0) is 37.2 Å². The third-order valence-corrected chi connectivity index (χ3v) is 4.99. The van der Waals surface area contributed by atoms with E-state index in [0.29, 0.717) is 16.7 Å². The molecule has 128 valence electrons. The molecule has 1 heterocycles. The lowest BCUT2D eigenvalue weighted by Crippen LogP contribution is -2.35. The Bertz CT molecular complexity index is 832. The van der Waals surface area contributed by atoms with E-state index in [9.17, 15) is 9.59 Å². The molecule has 1 fully saturated rings. The molecule has 1 aromatic carbocycles. The summed E-state index contributed by atoms with van der Waals surface area (Å²) in [5.41, 5.74) is 0.586. The highest BCUT2D eigenvalue weighted by molar-refractivity contribution is 7.71. The van der Waals surface area contributed by atoms with Crippen LogP contribution in [0.25, 0.3) is 10.9 Å². The monoisotopic (exact) mass is 345 g/mol. The molecule has 0 aliphatic heterocycles. The molecule has 6 heteroatoms. The number of carbonyl (C=O) groups excluding carboxylic acids is 1. The highest BCUT2D eigenvalue weighted by Gasteiger charge is 2.15. The van der Waals surface area contributed by atoms with Crippen LogP contribution in [-0.2, 0) is 11.3 Å². The molecular weight excluding hydrogens is 322 g/mol. The number of rotatable bonds is 4. The quantitative estimate of drug-likeness (QED) is 0.660. The standard InChI is InChI=1S/C18H23N3O2S/c22-16(19-13-7-3-1-2-4-8-13)11-12-21-17(23)14-9-5-6-10-15(14)20-18(21)24/h5-6,9-10,13H,1-4,7-8,11-12H2,(H,19,22)(H,20,24). The van der Waals surface area contributed by atoms with Crippen molar-refractivity contribution in [3.8, 4) is 0 Å². The molecule has 0 bridgehead atoms. The number of amides is 1. The van der Waals surface area contributed by atoms with Gasteiger partial charge >= 0.3 is 0 Å². The smallest absolute Gasteiger partial charge is 0.262 e. The molecule has 1 amide bonds. The van der Waals surface area contributed by atoms with Crippen LogP contribution < -0.4 is 10.9 Å². The van der Waals surface area contributed by atoms with E-state index in [1.807, 2.05) is 18.2 Å². The molecule has 1 aliphatic rings. The number of hydrogen-bond acceptors (Lipinski definition) is 3. The van der Waals surface area contributed by atoms with E-state index in [4.69, 9.17) is 12.2 Å². The molecule has 0 spiro atoms. The average Bonchev–Trinajstić information content (AvgIpc) is 2.83. The maximum absolute atomic E-state index is 12.5. The van der Waals surface area contributed by atoms with Crippen LogP contribution >= 0.6 is 12.2 Å². The number of nitrogens with zero attached hydrogens (tertiary/aromatic N) is 1. The second kappa shape index (κ2) is 7.75. The highest BCUT2D eigenvalue weighted by atomic mass is 32.1. The number of fused-ring (bicyclic) bond motifs is 1. The minimum atomic E-state index is -0.142. The average molecular weight is 345 g/mol. The zero-order valence-corrected chi connectivity index (χ0v) is 14.5. The van der Waals surface area contributed by atoms with E-state index < -0.39 is 0 Å². The molecule has 0 atom stereocenters. The number of aromatic nitrogens is 2. The van der Waals surface area contributed by atoms with Gasteiger partial charge in [-0.1, -0.05) is 37.8 Å². The highest BCUT2D eigenvalue weighted by Crippen LogP contribution is 2.17. The van der Waals surface area contributed by atoms with E-state index in [2.05, 4.69) is 10.3 Å². The van der Waals surface area contributed by atoms with Gasteiger partial charge in [0.05, 0.1) is 10.9 Å². The van der Waals surface area contributed by atoms with E-state index in [-0.39, 0.29) is 23.9 Å². The van der Waals surface area contributed by atoms with Crippen LogP contribution in [0.1, 0.15) is 44.9 Å². The minimum absolute atomic E-state index is 0.00337. The summed E-state index contributed by atoms with van der Waals surface area (Å²) in [5.74, 6) is -0.00337. The molecule has 0 unspecified atom stereocenters. The first-order valence-corrected chi connectivity index (χ1v) is 9.07. The number of aromatic amines is 1. The Morgan fingerprint density at radius 3 is 2.67 bits per heavy atom. The van der Waals surface area contributed by atoms with Crippen LogP contribution in [0.5, 0.6) is 0 Å².